The van der Waals surface area contributed by atoms with Crippen molar-refractivity contribution in [2.24, 2.45) is 0 Å². The Morgan fingerprint density at radius 1 is 1.40 bits per heavy atom. The van der Waals surface area contributed by atoms with E-state index in [4.69, 9.17) is 16.7 Å². The summed E-state index contributed by atoms with van der Waals surface area (Å²) in [5.41, 5.74) is 0.449. The average Bonchev–Trinajstić information content (AvgIpc) is 2.19. The zero-order valence-electron chi connectivity index (χ0n) is 8.29. The van der Waals surface area contributed by atoms with E-state index in [1.165, 1.54) is 6.07 Å². The van der Waals surface area contributed by atoms with Crippen LogP contribution in [0.4, 0.5) is 4.39 Å². The number of rotatable bonds is 5. The number of aliphatic hydroxyl groups excluding tert-OH is 2. The predicted molar refractivity (Wildman–Crippen MR) is 57.4 cm³/mol. The van der Waals surface area contributed by atoms with Gasteiger partial charge in [0.05, 0.1) is 6.10 Å². The summed E-state index contributed by atoms with van der Waals surface area (Å²) >= 11 is 5.60. The number of aliphatic hydroxyl groups is 2. The van der Waals surface area contributed by atoms with Crippen molar-refractivity contribution in [1.29, 1.82) is 0 Å². The monoisotopic (exact) mass is 232 g/mol. The molecule has 1 aromatic rings. The number of hydrogen-bond acceptors (Lipinski definition) is 2. The van der Waals surface area contributed by atoms with Crippen LogP contribution in [0.1, 0.15) is 18.4 Å². The lowest BCUT2D eigenvalue weighted by Gasteiger charge is -2.10. The smallest absolute Gasteiger partial charge is 0.127 e. The molecule has 0 aliphatic carbocycles. The molecule has 1 atom stereocenters. The molecule has 0 aliphatic rings. The van der Waals surface area contributed by atoms with Crippen molar-refractivity contribution in [3.63, 3.8) is 0 Å². The highest BCUT2D eigenvalue weighted by atomic mass is 35.5. The molecule has 2 nitrogen and oxygen atoms in total. The summed E-state index contributed by atoms with van der Waals surface area (Å²) in [4.78, 5) is 0. The lowest BCUT2D eigenvalue weighted by Crippen LogP contribution is -2.12. The summed E-state index contributed by atoms with van der Waals surface area (Å²) in [6, 6.07) is 4.40. The summed E-state index contributed by atoms with van der Waals surface area (Å²) in [5, 5.41) is 18.4. The van der Waals surface area contributed by atoms with E-state index in [0.717, 1.165) is 0 Å². The lowest BCUT2D eigenvalue weighted by atomic mass is 10.0. The third-order valence-corrected chi connectivity index (χ3v) is 2.40. The second-order valence-corrected chi connectivity index (χ2v) is 3.90. The fourth-order valence-corrected chi connectivity index (χ4v) is 1.53. The van der Waals surface area contributed by atoms with E-state index < -0.39 is 11.9 Å². The van der Waals surface area contributed by atoms with Crippen LogP contribution in [0.2, 0.25) is 5.02 Å². The third-order valence-electron chi connectivity index (χ3n) is 2.17. The Labute approximate surface area is 93.3 Å². The van der Waals surface area contributed by atoms with Gasteiger partial charge in [-0.25, -0.2) is 4.39 Å². The molecule has 0 saturated heterocycles. The molecule has 1 rings (SSSR count). The summed E-state index contributed by atoms with van der Waals surface area (Å²) < 4.78 is 13.3. The molecule has 4 heteroatoms. The van der Waals surface area contributed by atoms with Crippen LogP contribution in [-0.4, -0.2) is 22.9 Å². The quantitative estimate of drug-likeness (QED) is 0.817. The highest BCUT2D eigenvalue weighted by Gasteiger charge is 2.09. The number of hydrogen-bond donors (Lipinski definition) is 2. The van der Waals surface area contributed by atoms with Crippen LogP contribution in [0.3, 0.4) is 0 Å². The van der Waals surface area contributed by atoms with E-state index in [2.05, 4.69) is 0 Å². The first-order chi connectivity index (χ1) is 7.13. The average molecular weight is 233 g/mol. The first kappa shape index (κ1) is 12.4. The number of benzene rings is 1. The van der Waals surface area contributed by atoms with Gasteiger partial charge in [-0.3, -0.25) is 0 Å². The van der Waals surface area contributed by atoms with Gasteiger partial charge in [0.15, 0.2) is 0 Å². The van der Waals surface area contributed by atoms with Crippen LogP contribution in [-0.2, 0) is 6.42 Å². The maximum absolute atomic E-state index is 13.3. The molecule has 2 N–H and O–H groups in total. The van der Waals surface area contributed by atoms with Crippen molar-refractivity contribution in [2.75, 3.05) is 6.61 Å². The second kappa shape index (κ2) is 6.05. The molecule has 0 bridgehead atoms. The maximum atomic E-state index is 13.3. The van der Waals surface area contributed by atoms with Crippen molar-refractivity contribution in [1.82, 2.24) is 0 Å². The Balaban J connectivity index is 2.56. The van der Waals surface area contributed by atoms with Gasteiger partial charge >= 0.3 is 0 Å². The van der Waals surface area contributed by atoms with Gasteiger partial charge in [-0.1, -0.05) is 17.7 Å². The minimum atomic E-state index is -0.618. The van der Waals surface area contributed by atoms with Crippen LogP contribution < -0.4 is 0 Å². The molecule has 0 heterocycles. The Morgan fingerprint density at radius 2 is 2.13 bits per heavy atom. The molecule has 0 radical (unpaired) electrons. The molecule has 0 aliphatic heterocycles. The summed E-state index contributed by atoms with van der Waals surface area (Å²) in [6.07, 6.45) is 0.630. The second-order valence-electron chi connectivity index (χ2n) is 3.46. The summed E-state index contributed by atoms with van der Waals surface area (Å²) in [5.74, 6) is -0.398. The molecule has 0 fully saturated rings. The fraction of sp³-hybridized carbons (Fsp3) is 0.455. The van der Waals surface area contributed by atoms with Crippen molar-refractivity contribution < 1.29 is 14.6 Å². The van der Waals surface area contributed by atoms with Gasteiger partial charge < -0.3 is 10.2 Å². The highest BCUT2D eigenvalue weighted by Crippen LogP contribution is 2.17. The highest BCUT2D eigenvalue weighted by molar-refractivity contribution is 6.30. The van der Waals surface area contributed by atoms with E-state index >= 15 is 0 Å². The predicted octanol–water partition coefficient (Wildman–Crippen LogP) is 2.16. The van der Waals surface area contributed by atoms with Crippen LogP contribution in [0.25, 0.3) is 0 Å². The van der Waals surface area contributed by atoms with Gasteiger partial charge in [0.1, 0.15) is 5.82 Å². The molecule has 0 saturated carbocycles. The minimum Gasteiger partial charge on any atom is -0.396 e. The summed E-state index contributed by atoms with van der Waals surface area (Å²) in [7, 11) is 0. The normalized spacial score (nSPS) is 12.8. The standard InChI is InChI=1S/C11H14ClFO2/c12-9-4-3-8(11(13)7-9)6-10(15)2-1-5-14/h3-4,7,10,14-15H,1-2,5-6H2. The van der Waals surface area contributed by atoms with Crippen molar-refractivity contribution in [3.05, 3.63) is 34.6 Å². The van der Waals surface area contributed by atoms with E-state index in [0.29, 0.717) is 23.4 Å². The van der Waals surface area contributed by atoms with Crippen LogP contribution >= 0.6 is 11.6 Å². The van der Waals surface area contributed by atoms with Crippen LogP contribution in [0, 0.1) is 5.82 Å². The van der Waals surface area contributed by atoms with Gasteiger partial charge in [-0.05, 0) is 30.5 Å². The first-order valence-corrected chi connectivity index (χ1v) is 5.24. The molecule has 0 amide bonds. The molecule has 84 valence electrons. The lowest BCUT2D eigenvalue weighted by molar-refractivity contribution is 0.149. The molecule has 0 aromatic heterocycles. The van der Waals surface area contributed by atoms with Crippen molar-refractivity contribution in [3.8, 4) is 0 Å². The zero-order valence-corrected chi connectivity index (χ0v) is 9.04. The molecule has 1 unspecified atom stereocenters. The largest absolute Gasteiger partial charge is 0.396 e. The van der Waals surface area contributed by atoms with Gasteiger partial charge in [-0.15, -0.1) is 0 Å². The van der Waals surface area contributed by atoms with Gasteiger partial charge in [0.25, 0.3) is 0 Å². The number of halogens is 2. The van der Waals surface area contributed by atoms with Gasteiger partial charge in [0, 0.05) is 18.1 Å². The Morgan fingerprint density at radius 3 is 2.73 bits per heavy atom. The van der Waals surface area contributed by atoms with E-state index in [1.54, 1.807) is 12.1 Å². The Bertz CT molecular complexity index is 317. The van der Waals surface area contributed by atoms with Gasteiger partial charge in [-0.2, -0.15) is 0 Å². The third kappa shape index (κ3) is 4.16. The summed E-state index contributed by atoms with van der Waals surface area (Å²) in [6.45, 7) is 0.0418. The Hall–Kier alpha value is -0.640. The van der Waals surface area contributed by atoms with E-state index in [1.807, 2.05) is 0 Å². The first-order valence-electron chi connectivity index (χ1n) is 4.86. The van der Waals surface area contributed by atoms with Crippen molar-refractivity contribution in [2.45, 2.75) is 25.4 Å². The maximum Gasteiger partial charge on any atom is 0.127 e. The zero-order chi connectivity index (χ0) is 11.3. The van der Waals surface area contributed by atoms with E-state index in [-0.39, 0.29) is 13.0 Å². The molecular weight excluding hydrogens is 219 g/mol. The molecule has 1 aromatic carbocycles. The van der Waals surface area contributed by atoms with Crippen LogP contribution in [0.15, 0.2) is 18.2 Å². The minimum absolute atomic E-state index is 0.0418. The topological polar surface area (TPSA) is 40.5 Å². The molecule has 15 heavy (non-hydrogen) atoms. The molecular formula is C11H14ClFO2. The molecule has 0 spiro atoms. The Kier molecular flexibility index (Phi) is 5.02. The van der Waals surface area contributed by atoms with Crippen molar-refractivity contribution >= 4 is 11.6 Å². The van der Waals surface area contributed by atoms with Gasteiger partial charge in [0.2, 0.25) is 0 Å². The van der Waals surface area contributed by atoms with E-state index in [9.17, 15) is 9.50 Å². The SMILES string of the molecule is OCCCC(O)Cc1ccc(Cl)cc1F. The fourth-order valence-electron chi connectivity index (χ4n) is 1.37. The van der Waals surface area contributed by atoms with Crippen LogP contribution in [0.5, 0.6) is 0 Å².